The lowest BCUT2D eigenvalue weighted by molar-refractivity contribution is -0.0609. The van der Waals surface area contributed by atoms with E-state index in [1.807, 2.05) is 19.1 Å². The molecule has 0 unspecified atom stereocenters. The summed E-state index contributed by atoms with van der Waals surface area (Å²) in [4.78, 5) is 0. The van der Waals surface area contributed by atoms with Gasteiger partial charge in [0, 0.05) is 0 Å². The molecule has 1 fully saturated rings. The molecule has 1 aromatic carbocycles. The summed E-state index contributed by atoms with van der Waals surface area (Å²) < 4.78 is 11.6. The van der Waals surface area contributed by atoms with E-state index in [9.17, 15) is 5.11 Å². The van der Waals surface area contributed by atoms with Crippen LogP contribution < -0.4 is 0 Å². The minimum atomic E-state index is -0.497. The van der Waals surface area contributed by atoms with Crippen LogP contribution in [0.15, 0.2) is 24.3 Å². The van der Waals surface area contributed by atoms with Gasteiger partial charge in [0.05, 0.1) is 12.7 Å². The van der Waals surface area contributed by atoms with Gasteiger partial charge in [-0.3, -0.25) is 0 Å². The van der Waals surface area contributed by atoms with E-state index in [1.54, 1.807) is 0 Å². The number of ether oxygens (including phenoxy) is 2. The average Bonchev–Trinajstić information content (AvgIpc) is 2.67. The predicted octanol–water partition coefficient (Wildman–Crippen LogP) is 1.80. The number of aliphatic hydroxyl groups is 1. The Morgan fingerprint density at radius 3 is 3.00 bits per heavy atom. The van der Waals surface area contributed by atoms with Crippen molar-refractivity contribution in [1.82, 2.24) is 0 Å². The molecule has 3 rings (SSSR count). The molecule has 1 N–H and O–H groups in total. The standard InChI is InChI=1S/C13H16O3/c1-2-10-11(14)13-12(16-10)9-6-4-3-5-8(9)7-15-13/h3-6,10-14H,2,7H2,1H3/t10-,11+,12-,13-/m1/s1. The normalized spacial score (nSPS) is 36.9. The van der Waals surface area contributed by atoms with Crippen molar-refractivity contribution in [3.8, 4) is 0 Å². The minimum absolute atomic E-state index is 0.0927. The molecule has 2 aliphatic heterocycles. The molecule has 0 saturated carbocycles. The quantitative estimate of drug-likeness (QED) is 0.784. The molecule has 2 aliphatic rings. The summed E-state index contributed by atoms with van der Waals surface area (Å²) in [5, 5.41) is 10.1. The summed E-state index contributed by atoms with van der Waals surface area (Å²) >= 11 is 0. The molecule has 3 heteroatoms. The summed E-state index contributed by atoms with van der Waals surface area (Å²) in [5.74, 6) is 0. The first kappa shape index (κ1) is 10.3. The van der Waals surface area contributed by atoms with Crippen LogP contribution in [0.5, 0.6) is 0 Å². The zero-order chi connectivity index (χ0) is 11.1. The second-order valence-electron chi connectivity index (χ2n) is 4.47. The highest BCUT2D eigenvalue weighted by atomic mass is 16.6. The fraction of sp³-hybridized carbons (Fsp3) is 0.538. The van der Waals surface area contributed by atoms with Gasteiger partial charge >= 0.3 is 0 Å². The number of rotatable bonds is 1. The van der Waals surface area contributed by atoms with Gasteiger partial charge in [0.25, 0.3) is 0 Å². The molecule has 0 amide bonds. The third kappa shape index (κ3) is 1.39. The summed E-state index contributed by atoms with van der Waals surface area (Å²) in [6, 6.07) is 8.14. The van der Waals surface area contributed by atoms with Crippen molar-refractivity contribution in [2.75, 3.05) is 0 Å². The predicted molar refractivity (Wildman–Crippen MR) is 58.9 cm³/mol. The third-order valence-electron chi connectivity index (χ3n) is 3.53. The number of benzene rings is 1. The van der Waals surface area contributed by atoms with Crippen LogP contribution in [0.25, 0.3) is 0 Å². The lowest BCUT2D eigenvalue weighted by Gasteiger charge is -2.28. The molecule has 0 aliphatic carbocycles. The van der Waals surface area contributed by atoms with Crippen LogP contribution >= 0.6 is 0 Å². The van der Waals surface area contributed by atoms with E-state index in [4.69, 9.17) is 9.47 Å². The van der Waals surface area contributed by atoms with Crippen LogP contribution in [0, 0.1) is 0 Å². The van der Waals surface area contributed by atoms with Crippen LogP contribution in [-0.4, -0.2) is 23.4 Å². The van der Waals surface area contributed by atoms with E-state index in [0.717, 1.165) is 6.42 Å². The molecule has 0 aromatic heterocycles. The monoisotopic (exact) mass is 220 g/mol. The number of hydrogen-bond donors (Lipinski definition) is 1. The SMILES string of the molecule is CC[C@H]1O[C@@H]2c3ccccc3CO[C@@H]2[C@H]1O. The van der Waals surface area contributed by atoms with E-state index in [0.29, 0.717) is 6.61 Å². The molecule has 1 aromatic rings. The zero-order valence-corrected chi connectivity index (χ0v) is 9.30. The summed E-state index contributed by atoms with van der Waals surface area (Å²) in [6.45, 7) is 2.60. The van der Waals surface area contributed by atoms with Crippen LogP contribution in [0.3, 0.4) is 0 Å². The molecule has 2 heterocycles. The Bertz CT molecular complexity index is 391. The first-order chi connectivity index (χ1) is 7.81. The molecule has 86 valence electrons. The highest BCUT2D eigenvalue weighted by molar-refractivity contribution is 5.32. The molecule has 3 nitrogen and oxygen atoms in total. The Morgan fingerprint density at radius 2 is 2.19 bits per heavy atom. The second-order valence-corrected chi connectivity index (χ2v) is 4.47. The molecule has 0 spiro atoms. The summed E-state index contributed by atoms with van der Waals surface area (Å²) in [7, 11) is 0. The maximum absolute atomic E-state index is 10.1. The Morgan fingerprint density at radius 1 is 1.38 bits per heavy atom. The Kier molecular flexibility index (Phi) is 2.46. The average molecular weight is 220 g/mol. The van der Waals surface area contributed by atoms with Crippen molar-refractivity contribution in [1.29, 1.82) is 0 Å². The fourth-order valence-electron chi connectivity index (χ4n) is 2.64. The van der Waals surface area contributed by atoms with Gasteiger partial charge in [-0.05, 0) is 17.5 Å². The minimum Gasteiger partial charge on any atom is -0.388 e. The van der Waals surface area contributed by atoms with Crippen molar-refractivity contribution >= 4 is 0 Å². The fourth-order valence-corrected chi connectivity index (χ4v) is 2.64. The van der Waals surface area contributed by atoms with Gasteiger partial charge in [0.2, 0.25) is 0 Å². The maximum Gasteiger partial charge on any atom is 0.117 e. The van der Waals surface area contributed by atoms with Crippen molar-refractivity contribution < 1.29 is 14.6 Å². The van der Waals surface area contributed by atoms with Crippen molar-refractivity contribution in [2.24, 2.45) is 0 Å². The third-order valence-corrected chi connectivity index (χ3v) is 3.53. The van der Waals surface area contributed by atoms with Gasteiger partial charge in [0.15, 0.2) is 0 Å². The van der Waals surface area contributed by atoms with Gasteiger partial charge in [-0.1, -0.05) is 31.2 Å². The molecule has 0 radical (unpaired) electrons. The number of fused-ring (bicyclic) bond motifs is 3. The molecule has 1 saturated heterocycles. The number of hydrogen-bond acceptors (Lipinski definition) is 3. The maximum atomic E-state index is 10.1. The first-order valence-electron chi connectivity index (χ1n) is 5.84. The van der Waals surface area contributed by atoms with Gasteiger partial charge in [0.1, 0.15) is 18.3 Å². The topological polar surface area (TPSA) is 38.7 Å². The smallest absolute Gasteiger partial charge is 0.117 e. The van der Waals surface area contributed by atoms with Crippen molar-refractivity contribution in [3.05, 3.63) is 35.4 Å². The van der Waals surface area contributed by atoms with Gasteiger partial charge < -0.3 is 14.6 Å². The van der Waals surface area contributed by atoms with Gasteiger partial charge in [-0.2, -0.15) is 0 Å². The first-order valence-corrected chi connectivity index (χ1v) is 5.84. The van der Waals surface area contributed by atoms with Gasteiger partial charge in [-0.15, -0.1) is 0 Å². The van der Waals surface area contributed by atoms with Crippen LogP contribution in [0.1, 0.15) is 30.6 Å². The van der Waals surface area contributed by atoms with Gasteiger partial charge in [-0.25, -0.2) is 0 Å². The zero-order valence-electron chi connectivity index (χ0n) is 9.30. The molecule has 4 atom stereocenters. The van der Waals surface area contributed by atoms with Crippen LogP contribution in [0.2, 0.25) is 0 Å². The Hall–Kier alpha value is -0.900. The summed E-state index contributed by atoms with van der Waals surface area (Å²) in [5.41, 5.74) is 2.35. The number of aliphatic hydroxyl groups excluding tert-OH is 1. The van der Waals surface area contributed by atoms with Crippen LogP contribution in [0.4, 0.5) is 0 Å². The van der Waals surface area contributed by atoms with Crippen molar-refractivity contribution in [3.63, 3.8) is 0 Å². The van der Waals surface area contributed by atoms with E-state index in [-0.39, 0.29) is 18.3 Å². The second kappa shape index (κ2) is 3.84. The Labute approximate surface area is 95.0 Å². The largest absolute Gasteiger partial charge is 0.388 e. The highest BCUT2D eigenvalue weighted by Crippen LogP contribution is 2.41. The lowest BCUT2D eigenvalue weighted by atomic mass is 9.94. The van der Waals surface area contributed by atoms with Crippen molar-refractivity contribution in [2.45, 2.75) is 44.4 Å². The molecular formula is C13H16O3. The lowest BCUT2D eigenvalue weighted by Crippen LogP contribution is -2.34. The molecular weight excluding hydrogens is 204 g/mol. The molecule has 0 bridgehead atoms. The van der Waals surface area contributed by atoms with E-state index < -0.39 is 6.10 Å². The highest BCUT2D eigenvalue weighted by Gasteiger charge is 2.46. The van der Waals surface area contributed by atoms with E-state index >= 15 is 0 Å². The van der Waals surface area contributed by atoms with E-state index in [2.05, 4.69) is 12.1 Å². The van der Waals surface area contributed by atoms with Crippen LogP contribution in [-0.2, 0) is 16.1 Å². The Balaban J connectivity index is 1.96. The summed E-state index contributed by atoms with van der Waals surface area (Å²) in [6.07, 6.45) is -0.0612. The molecule has 16 heavy (non-hydrogen) atoms. The van der Waals surface area contributed by atoms with E-state index in [1.165, 1.54) is 11.1 Å².